The smallest absolute Gasteiger partial charge is 0.338 e. The zero-order chi connectivity index (χ0) is 22.1. The van der Waals surface area contributed by atoms with Crippen LogP contribution < -0.4 is 10.6 Å². The molecule has 2 N–H and O–H groups in total. The Labute approximate surface area is 189 Å². The second kappa shape index (κ2) is 8.76. The van der Waals surface area contributed by atoms with Gasteiger partial charge in [-0.2, -0.15) is 0 Å². The van der Waals surface area contributed by atoms with Crippen molar-refractivity contribution in [3.63, 3.8) is 0 Å². The Morgan fingerprint density at radius 2 is 2.19 bits per heavy atom. The second-order valence-corrected chi connectivity index (χ2v) is 8.87. The molecule has 2 amide bonds. The highest BCUT2D eigenvalue weighted by Gasteiger charge is 2.37. The lowest BCUT2D eigenvalue weighted by molar-refractivity contribution is -0.139. The molecule has 2 atom stereocenters. The number of para-hydroxylation sites is 1. The van der Waals surface area contributed by atoms with Crippen molar-refractivity contribution in [3.05, 3.63) is 64.7 Å². The van der Waals surface area contributed by atoms with Crippen molar-refractivity contribution in [1.29, 1.82) is 0 Å². The summed E-state index contributed by atoms with van der Waals surface area (Å²) in [6, 6.07) is 10.7. The minimum absolute atomic E-state index is 0.136. The highest BCUT2D eigenvalue weighted by molar-refractivity contribution is 7.18. The zero-order valence-corrected chi connectivity index (χ0v) is 18.5. The number of nitrogens with one attached hydrogen (secondary N) is 2. The molecule has 2 aromatic heterocycles. The van der Waals surface area contributed by atoms with Crippen LogP contribution in [0.25, 0.3) is 10.2 Å². The van der Waals surface area contributed by atoms with Crippen molar-refractivity contribution in [2.75, 3.05) is 19.7 Å². The molecule has 9 heteroatoms. The van der Waals surface area contributed by atoms with Crippen molar-refractivity contribution >= 4 is 33.6 Å². The van der Waals surface area contributed by atoms with E-state index in [-0.39, 0.29) is 18.7 Å². The number of carbonyl (C=O) groups is 2. The number of benzene rings is 1. The first-order chi connectivity index (χ1) is 15.6. The van der Waals surface area contributed by atoms with Crippen LogP contribution in [0.2, 0.25) is 0 Å². The summed E-state index contributed by atoms with van der Waals surface area (Å²) in [5, 5.41) is 6.70. The number of nitrogens with zero attached hydrogens (tertiary/aromatic N) is 2. The van der Waals surface area contributed by atoms with Gasteiger partial charge in [-0.25, -0.2) is 14.6 Å². The van der Waals surface area contributed by atoms with Crippen LogP contribution in [0.5, 0.6) is 0 Å². The molecule has 4 heterocycles. The summed E-state index contributed by atoms with van der Waals surface area (Å²) in [4.78, 5) is 32.5. The summed E-state index contributed by atoms with van der Waals surface area (Å²) in [7, 11) is 0. The fourth-order valence-electron chi connectivity index (χ4n) is 4.39. The first kappa shape index (κ1) is 20.7. The topological polar surface area (TPSA) is 96.7 Å². The number of urea groups is 1. The maximum atomic E-state index is 12.9. The Hall–Kier alpha value is -3.17. The van der Waals surface area contributed by atoms with E-state index >= 15 is 0 Å². The maximum Gasteiger partial charge on any atom is 0.338 e. The average Bonchev–Trinajstić information content (AvgIpc) is 3.53. The summed E-state index contributed by atoms with van der Waals surface area (Å²) in [6.07, 6.45) is 3.53. The fourth-order valence-corrected chi connectivity index (χ4v) is 5.53. The van der Waals surface area contributed by atoms with Crippen LogP contribution in [-0.4, -0.2) is 41.6 Å². The molecular weight excluding hydrogens is 428 g/mol. The summed E-state index contributed by atoms with van der Waals surface area (Å²) in [6.45, 7) is 3.28. The highest BCUT2D eigenvalue weighted by atomic mass is 32.1. The number of fused-ring (bicyclic) bond motifs is 1. The molecule has 1 saturated heterocycles. The number of rotatable bonds is 6. The van der Waals surface area contributed by atoms with E-state index in [0.717, 1.165) is 34.6 Å². The third-order valence-corrected chi connectivity index (χ3v) is 6.93. The maximum absolute atomic E-state index is 12.9. The minimum Gasteiger partial charge on any atom is -0.467 e. The van der Waals surface area contributed by atoms with Crippen LogP contribution in [0, 0.1) is 0 Å². The van der Waals surface area contributed by atoms with E-state index in [1.165, 1.54) is 6.26 Å². The minimum atomic E-state index is -0.698. The number of hydrogen-bond acceptors (Lipinski definition) is 7. The number of likely N-dealkylation sites (tertiary alicyclic amines) is 1. The van der Waals surface area contributed by atoms with Crippen LogP contribution >= 0.6 is 11.3 Å². The number of furan rings is 1. The predicted octanol–water partition coefficient (Wildman–Crippen LogP) is 3.90. The van der Waals surface area contributed by atoms with Crippen LogP contribution in [0.3, 0.4) is 0 Å². The molecule has 1 aromatic carbocycles. The van der Waals surface area contributed by atoms with E-state index < -0.39 is 12.0 Å². The van der Waals surface area contributed by atoms with Gasteiger partial charge in [0.25, 0.3) is 0 Å². The van der Waals surface area contributed by atoms with Crippen molar-refractivity contribution in [3.8, 4) is 0 Å². The molecule has 0 radical (unpaired) electrons. The Kier molecular flexibility index (Phi) is 5.67. The standard InChI is InChI=1S/C23H24N4O4S/c1-2-30-22(28)19-15(25-23(29)26-20(19)17-9-6-12-31-17)13-27-11-5-8-16(27)21-24-14-7-3-4-10-18(14)32-21/h3-4,6-7,9-10,12,16,20H,2,5,8,11,13H2,1H3,(H2,25,26,29)/t16-,20-/m1/s1. The molecule has 0 unspecified atom stereocenters. The largest absolute Gasteiger partial charge is 0.467 e. The molecule has 0 spiro atoms. The van der Waals surface area contributed by atoms with E-state index in [0.29, 0.717) is 23.6 Å². The number of thiazole rings is 1. The van der Waals surface area contributed by atoms with E-state index in [1.807, 2.05) is 18.2 Å². The Morgan fingerprint density at radius 1 is 1.31 bits per heavy atom. The SMILES string of the molecule is CCOC(=O)C1=C(CN2CCC[C@@H]2c2nc3ccccc3s2)NC(=O)N[C@@H]1c1ccco1. The first-order valence-electron chi connectivity index (χ1n) is 10.7. The lowest BCUT2D eigenvalue weighted by Crippen LogP contribution is -2.48. The normalized spacial score (nSPS) is 21.6. The third-order valence-electron chi connectivity index (χ3n) is 5.80. The van der Waals surface area contributed by atoms with Crippen LogP contribution in [0.15, 0.2) is 58.3 Å². The fraction of sp³-hybridized carbons (Fsp3) is 0.348. The monoisotopic (exact) mass is 452 g/mol. The van der Waals surface area contributed by atoms with Crippen LogP contribution in [0.4, 0.5) is 4.79 Å². The molecule has 2 aliphatic heterocycles. The van der Waals surface area contributed by atoms with Crippen LogP contribution in [0.1, 0.15) is 42.6 Å². The van der Waals surface area contributed by atoms with Crippen molar-refractivity contribution < 1.29 is 18.7 Å². The number of amides is 2. The molecular formula is C23H24N4O4S. The van der Waals surface area contributed by atoms with Gasteiger partial charge in [-0.1, -0.05) is 12.1 Å². The lowest BCUT2D eigenvalue weighted by Gasteiger charge is -2.31. The van der Waals surface area contributed by atoms with Gasteiger partial charge >= 0.3 is 12.0 Å². The molecule has 2 aliphatic rings. The summed E-state index contributed by atoms with van der Waals surface area (Å²) in [5.74, 6) is 0.0247. The van der Waals surface area contributed by atoms with Crippen molar-refractivity contribution in [2.24, 2.45) is 0 Å². The lowest BCUT2D eigenvalue weighted by atomic mass is 9.99. The quantitative estimate of drug-likeness (QED) is 0.551. The number of esters is 1. The molecule has 0 saturated carbocycles. The number of hydrogen-bond donors (Lipinski definition) is 2. The molecule has 5 rings (SSSR count). The van der Waals surface area contributed by atoms with Gasteiger partial charge < -0.3 is 19.8 Å². The molecule has 32 heavy (non-hydrogen) atoms. The second-order valence-electron chi connectivity index (χ2n) is 7.81. The Bertz CT molecular complexity index is 1140. The molecule has 166 valence electrons. The van der Waals surface area contributed by atoms with Crippen LogP contribution in [-0.2, 0) is 9.53 Å². The summed E-state index contributed by atoms with van der Waals surface area (Å²) in [5.41, 5.74) is 1.91. The van der Waals surface area contributed by atoms with Gasteiger partial charge in [0.2, 0.25) is 0 Å². The predicted molar refractivity (Wildman–Crippen MR) is 120 cm³/mol. The highest BCUT2D eigenvalue weighted by Crippen LogP contribution is 2.37. The summed E-state index contributed by atoms with van der Waals surface area (Å²) >= 11 is 1.70. The molecule has 0 bridgehead atoms. The Balaban J connectivity index is 1.49. The van der Waals surface area contributed by atoms with Gasteiger partial charge in [0.05, 0.1) is 34.7 Å². The van der Waals surface area contributed by atoms with E-state index in [4.69, 9.17) is 14.1 Å². The molecule has 8 nitrogen and oxygen atoms in total. The van der Waals surface area contributed by atoms with Gasteiger partial charge in [-0.05, 0) is 50.6 Å². The van der Waals surface area contributed by atoms with Gasteiger partial charge in [-0.15, -0.1) is 11.3 Å². The van der Waals surface area contributed by atoms with Gasteiger partial charge in [0.1, 0.15) is 16.8 Å². The first-order valence-corrected chi connectivity index (χ1v) is 11.6. The van der Waals surface area contributed by atoms with E-state index in [1.54, 1.807) is 30.4 Å². The Morgan fingerprint density at radius 3 is 2.97 bits per heavy atom. The molecule has 3 aromatic rings. The van der Waals surface area contributed by atoms with E-state index in [2.05, 4.69) is 21.6 Å². The zero-order valence-electron chi connectivity index (χ0n) is 17.7. The van der Waals surface area contributed by atoms with Crippen molar-refractivity contribution in [1.82, 2.24) is 20.5 Å². The molecule has 0 aliphatic carbocycles. The average molecular weight is 453 g/mol. The number of ether oxygens (including phenoxy) is 1. The summed E-state index contributed by atoms with van der Waals surface area (Å²) < 4.78 is 12.0. The number of carbonyl (C=O) groups excluding carboxylic acids is 2. The van der Waals surface area contributed by atoms with Crippen molar-refractivity contribution in [2.45, 2.75) is 31.8 Å². The van der Waals surface area contributed by atoms with Gasteiger partial charge in [-0.3, -0.25) is 4.90 Å². The van der Waals surface area contributed by atoms with Gasteiger partial charge in [0.15, 0.2) is 0 Å². The molecule has 1 fully saturated rings. The van der Waals surface area contributed by atoms with Gasteiger partial charge in [0, 0.05) is 12.2 Å². The third kappa shape index (κ3) is 3.89. The number of aromatic nitrogens is 1. The van der Waals surface area contributed by atoms with E-state index in [9.17, 15) is 9.59 Å².